The van der Waals surface area contributed by atoms with Crippen LogP contribution in [-0.4, -0.2) is 37.2 Å². The summed E-state index contributed by atoms with van der Waals surface area (Å²) in [5.74, 6) is -0.930. The molecular weight excluding hydrogens is 829 g/mol. The zero-order valence-electron chi connectivity index (χ0n) is 43.6. The van der Waals surface area contributed by atoms with Crippen molar-refractivity contribution in [2.24, 2.45) is 0 Å². The zero-order chi connectivity index (χ0) is 48.6. The molecule has 6 nitrogen and oxygen atoms in total. The molecule has 0 rings (SSSR count). The Kier molecular flexibility index (Phi) is 51.9. The summed E-state index contributed by atoms with van der Waals surface area (Å²) in [6, 6.07) is 0. The summed E-state index contributed by atoms with van der Waals surface area (Å²) in [5, 5.41) is 0. The topological polar surface area (TPSA) is 78.9 Å². The van der Waals surface area contributed by atoms with Gasteiger partial charge in [0, 0.05) is 19.3 Å². The summed E-state index contributed by atoms with van der Waals surface area (Å²) in [4.78, 5) is 38.0. The Morgan fingerprint density at radius 3 is 0.940 bits per heavy atom. The molecular formula is C61H102O6. The molecule has 1 unspecified atom stereocenters. The van der Waals surface area contributed by atoms with E-state index in [1.165, 1.54) is 77.0 Å². The number of unbranched alkanes of at least 4 members (excludes halogenated alkanes) is 22. The fourth-order valence-electron chi connectivity index (χ4n) is 7.42. The second kappa shape index (κ2) is 54.9. The fraction of sp³-hybridized carbons (Fsp3) is 0.689. The predicted molar refractivity (Wildman–Crippen MR) is 288 cm³/mol. The minimum atomic E-state index is -0.794. The Labute approximate surface area is 413 Å². The number of hydrogen-bond donors (Lipinski definition) is 0. The van der Waals surface area contributed by atoms with Gasteiger partial charge in [0.1, 0.15) is 13.2 Å². The first-order valence-electron chi connectivity index (χ1n) is 27.7. The molecule has 6 heteroatoms. The van der Waals surface area contributed by atoms with Crippen LogP contribution >= 0.6 is 0 Å². The van der Waals surface area contributed by atoms with Crippen LogP contribution in [0.4, 0.5) is 0 Å². The summed E-state index contributed by atoms with van der Waals surface area (Å²) >= 11 is 0. The van der Waals surface area contributed by atoms with Crippen LogP contribution in [0.15, 0.2) is 97.2 Å². The van der Waals surface area contributed by atoms with Crippen LogP contribution in [0, 0.1) is 0 Å². The molecule has 1 atom stereocenters. The van der Waals surface area contributed by atoms with E-state index in [2.05, 4.69) is 118 Å². The van der Waals surface area contributed by atoms with Crippen molar-refractivity contribution in [2.45, 2.75) is 258 Å². The minimum absolute atomic E-state index is 0.0906. The highest BCUT2D eigenvalue weighted by Gasteiger charge is 2.19. The number of carbonyl (C=O) groups is 3. The average Bonchev–Trinajstić information content (AvgIpc) is 3.33. The first-order valence-corrected chi connectivity index (χ1v) is 27.7. The number of rotatable bonds is 49. The molecule has 0 aliphatic rings. The monoisotopic (exact) mass is 931 g/mol. The number of ether oxygens (including phenoxy) is 3. The van der Waals surface area contributed by atoms with Gasteiger partial charge >= 0.3 is 17.9 Å². The molecule has 0 radical (unpaired) electrons. The maximum Gasteiger partial charge on any atom is 0.306 e. The summed E-state index contributed by atoms with van der Waals surface area (Å²) in [6.45, 7) is 6.46. The molecule has 0 aliphatic heterocycles. The van der Waals surface area contributed by atoms with Crippen LogP contribution in [0.3, 0.4) is 0 Å². The van der Waals surface area contributed by atoms with Crippen LogP contribution in [0.1, 0.15) is 252 Å². The Hall–Kier alpha value is -3.67. The summed E-state index contributed by atoms with van der Waals surface area (Å²) in [6.07, 6.45) is 72.5. The molecule has 0 aromatic rings. The molecule has 0 aromatic heterocycles. The third-order valence-electron chi connectivity index (χ3n) is 11.6. The number of esters is 3. The van der Waals surface area contributed by atoms with Gasteiger partial charge in [0.15, 0.2) is 6.10 Å². The van der Waals surface area contributed by atoms with E-state index in [-0.39, 0.29) is 31.1 Å². The highest BCUT2D eigenvalue weighted by Crippen LogP contribution is 2.14. The van der Waals surface area contributed by atoms with Crippen molar-refractivity contribution in [2.75, 3.05) is 13.2 Å². The zero-order valence-corrected chi connectivity index (χ0v) is 43.6. The summed E-state index contributed by atoms with van der Waals surface area (Å²) in [5.41, 5.74) is 0. The van der Waals surface area contributed by atoms with E-state index in [1.807, 2.05) is 0 Å². The molecule has 0 fully saturated rings. The minimum Gasteiger partial charge on any atom is -0.462 e. The summed E-state index contributed by atoms with van der Waals surface area (Å²) < 4.78 is 16.8. The normalized spacial score (nSPS) is 12.8. The molecule has 0 saturated carbocycles. The third kappa shape index (κ3) is 53.2. The third-order valence-corrected chi connectivity index (χ3v) is 11.6. The van der Waals surface area contributed by atoms with Gasteiger partial charge < -0.3 is 14.2 Å². The molecule has 0 heterocycles. The van der Waals surface area contributed by atoms with E-state index in [4.69, 9.17) is 14.2 Å². The lowest BCUT2D eigenvalue weighted by molar-refractivity contribution is -0.167. The average molecular weight is 931 g/mol. The highest BCUT2D eigenvalue weighted by atomic mass is 16.6. The molecule has 0 aliphatic carbocycles. The van der Waals surface area contributed by atoms with Crippen molar-refractivity contribution < 1.29 is 28.6 Å². The lowest BCUT2D eigenvalue weighted by Crippen LogP contribution is -2.30. The van der Waals surface area contributed by atoms with Gasteiger partial charge in [-0.15, -0.1) is 0 Å². The molecule has 0 aromatic carbocycles. The van der Waals surface area contributed by atoms with Crippen molar-refractivity contribution in [3.05, 3.63) is 97.2 Å². The molecule has 0 N–H and O–H groups in total. The molecule has 0 bridgehead atoms. The van der Waals surface area contributed by atoms with Gasteiger partial charge in [0.25, 0.3) is 0 Å². The van der Waals surface area contributed by atoms with Crippen molar-refractivity contribution in [3.63, 3.8) is 0 Å². The van der Waals surface area contributed by atoms with Gasteiger partial charge in [-0.25, -0.2) is 0 Å². The van der Waals surface area contributed by atoms with E-state index in [9.17, 15) is 14.4 Å². The maximum atomic E-state index is 12.8. The maximum absolute atomic E-state index is 12.8. The van der Waals surface area contributed by atoms with Gasteiger partial charge in [0.2, 0.25) is 0 Å². The molecule has 0 saturated heterocycles. The SMILES string of the molecule is CC/C=C\C/C=C\C/C=C\C/C=C\C/C=C\C/C=C\CCCCCCC(=O)OCC(COC(=O)CCCCCCCCCCCCC)OC(=O)CCCCCCC/C=C\C/C=C\CCCCC. The number of hydrogen-bond acceptors (Lipinski definition) is 6. The molecule has 67 heavy (non-hydrogen) atoms. The standard InChI is InChI=1S/C61H102O6/c1-4-7-10-13-16-19-22-24-26-27-28-29-30-31-32-33-35-36-39-42-45-48-51-54-60(63)66-57-58(56-65-59(62)53-50-47-44-41-38-21-18-15-12-9-6-3)67-61(64)55-52-49-46-43-40-37-34-25-23-20-17-14-11-8-5-2/h7,10,16-17,19-20,24-26,28-29,31-32,34-36,58H,4-6,8-9,11-15,18,21-23,27,30,33,37-57H2,1-3H3/b10-7-,19-16-,20-17-,26-24-,29-28-,32-31-,34-25-,36-35-. The smallest absolute Gasteiger partial charge is 0.306 e. The van der Waals surface area contributed by atoms with Crippen molar-refractivity contribution >= 4 is 17.9 Å². The Morgan fingerprint density at radius 2 is 0.582 bits per heavy atom. The lowest BCUT2D eigenvalue weighted by Gasteiger charge is -2.18. The quantitative estimate of drug-likeness (QED) is 0.0262. The van der Waals surface area contributed by atoms with E-state index in [0.29, 0.717) is 19.3 Å². The van der Waals surface area contributed by atoms with E-state index < -0.39 is 6.10 Å². The van der Waals surface area contributed by atoms with Gasteiger partial charge in [0.05, 0.1) is 0 Å². The number of allylic oxidation sites excluding steroid dienone is 16. The van der Waals surface area contributed by atoms with E-state index in [1.54, 1.807) is 0 Å². The second-order valence-electron chi connectivity index (χ2n) is 18.1. The Bertz CT molecular complexity index is 1350. The first-order chi connectivity index (χ1) is 33.0. The molecule has 382 valence electrons. The van der Waals surface area contributed by atoms with E-state index in [0.717, 1.165) is 135 Å². The largest absolute Gasteiger partial charge is 0.462 e. The molecule has 0 amide bonds. The van der Waals surface area contributed by atoms with Gasteiger partial charge in [-0.05, 0) is 103 Å². The number of carbonyl (C=O) groups excluding carboxylic acids is 3. The van der Waals surface area contributed by atoms with Crippen LogP contribution in [-0.2, 0) is 28.6 Å². The van der Waals surface area contributed by atoms with Crippen molar-refractivity contribution in [3.8, 4) is 0 Å². The van der Waals surface area contributed by atoms with Crippen LogP contribution in [0.2, 0.25) is 0 Å². The fourth-order valence-corrected chi connectivity index (χ4v) is 7.42. The van der Waals surface area contributed by atoms with Crippen LogP contribution in [0.5, 0.6) is 0 Å². The van der Waals surface area contributed by atoms with Crippen LogP contribution < -0.4 is 0 Å². The summed E-state index contributed by atoms with van der Waals surface area (Å²) in [7, 11) is 0. The molecule has 0 spiro atoms. The van der Waals surface area contributed by atoms with Crippen molar-refractivity contribution in [1.82, 2.24) is 0 Å². The Morgan fingerprint density at radius 1 is 0.313 bits per heavy atom. The van der Waals surface area contributed by atoms with Gasteiger partial charge in [-0.1, -0.05) is 227 Å². The Balaban J connectivity index is 4.41. The predicted octanol–water partition coefficient (Wildman–Crippen LogP) is 18.5. The van der Waals surface area contributed by atoms with Crippen LogP contribution in [0.25, 0.3) is 0 Å². The van der Waals surface area contributed by atoms with Crippen molar-refractivity contribution in [1.29, 1.82) is 0 Å². The lowest BCUT2D eigenvalue weighted by atomic mass is 10.1. The van der Waals surface area contributed by atoms with Gasteiger partial charge in [-0.3, -0.25) is 14.4 Å². The first kappa shape index (κ1) is 63.3. The second-order valence-corrected chi connectivity index (χ2v) is 18.1. The van der Waals surface area contributed by atoms with E-state index >= 15 is 0 Å². The van der Waals surface area contributed by atoms with Gasteiger partial charge in [-0.2, -0.15) is 0 Å². The highest BCUT2D eigenvalue weighted by molar-refractivity contribution is 5.71.